The molecule has 1 atom stereocenters. The minimum absolute atomic E-state index is 0.0166. The lowest BCUT2D eigenvalue weighted by molar-refractivity contribution is -0.121. The number of fused-ring (bicyclic) bond motifs is 1. The fraction of sp³-hybridized carbons (Fsp3) is 0.438. The molecule has 0 aliphatic carbocycles. The molecule has 1 unspecified atom stereocenters. The zero-order valence-corrected chi connectivity index (χ0v) is 12.4. The Morgan fingerprint density at radius 2 is 2.05 bits per heavy atom. The molecule has 110 valence electrons. The molecule has 3 rings (SSSR count). The highest BCUT2D eigenvalue weighted by atomic mass is 16.2. The van der Waals surface area contributed by atoms with Crippen molar-refractivity contribution < 1.29 is 4.79 Å². The van der Waals surface area contributed by atoms with Gasteiger partial charge in [0.2, 0.25) is 5.91 Å². The van der Waals surface area contributed by atoms with Crippen molar-refractivity contribution in [1.29, 1.82) is 0 Å². The van der Waals surface area contributed by atoms with Crippen LogP contribution in [0.1, 0.15) is 26.7 Å². The largest absolute Gasteiger partial charge is 0.325 e. The summed E-state index contributed by atoms with van der Waals surface area (Å²) in [5, 5.41) is 6.32. The van der Waals surface area contributed by atoms with E-state index in [0.29, 0.717) is 0 Å². The van der Waals surface area contributed by atoms with Crippen molar-refractivity contribution in [3.05, 3.63) is 30.6 Å². The van der Waals surface area contributed by atoms with Crippen LogP contribution in [0.3, 0.4) is 0 Å². The SMILES string of the molecule is CC1(C)CCCNC1C(=O)Nc1ccc2nccnc2c1. The molecule has 1 fully saturated rings. The third-order valence-corrected chi connectivity index (χ3v) is 4.13. The zero-order valence-electron chi connectivity index (χ0n) is 12.4. The van der Waals surface area contributed by atoms with Gasteiger partial charge in [-0.3, -0.25) is 14.8 Å². The molecule has 5 nitrogen and oxygen atoms in total. The maximum absolute atomic E-state index is 12.5. The fourth-order valence-electron chi connectivity index (χ4n) is 2.91. The summed E-state index contributed by atoms with van der Waals surface area (Å²) >= 11 is 0. The van der Waals surface area contributed by atoms with E-state index in [2.05, 4.69) is 34.4 Å². The van der Waals surface area contributed by atoms with Crippen LogP contribution < -0.4 is 10.6 Å². The van der Waals surface area contributed by atoms with Gasteiger partial charge < -0.3 is 10.6 Å². The van der Waals surface area contributed by atoms with Gasteiger partial charge >= 0.3 is 0 Å². The summed E-state index contributed by atoms with van der Waals surface area (Å²) in [7, 11) is 0. The summed E-state index contributed by atoms with van der Waals surface area (Å²) < 4.78 is 0. The van der Waals surface area contributed by atoms with Gasteiger partial charge in [0.05, 0.1) is 17.1 Å². The smallest absolute Gasteiger partial charge is 0.242 e. The monoisotopic (exact) mass is 284 g/mol. The molecule has 1 amide bonds. The van der Waals surface area contributed by atoms with Crippen molar-refractivity contribution in [3.63, 3.8) is 0 Å². The highest BCUT2D eigenvalue weighted by Crippen LogP contribution is 2.30. The number of anilines is 1. The molecular formula is C16H20N4O. The summed E-state index contributed by atoms with van der Waals surface area (Å²) in [6, 6.07) is 5.43. The van der Waals surface area contributed by atoms with Gasteiger partial charge in [-0.25, -0.2) is 0 Å². The molecule has 1 aromatic carbocycles. The van der Waals surface area contributed by atoms with Gasteiger partial charge in [-0.05, 0) is 43.0 Å². The number of carbonyl (C=O) groups is 1. The molecule has 1 aliphatic heterocycles. The number of hydrogen-bond donors (Lipinski definition) is 2. The lowest BCUT2D eigenvalue weighted by atomic mass is 9.77. The molecule has 21 heavy (non-hydrogen) atoms. The van der Waals surface area contributed by atoms with E-state index in [1.54, 1.807) is 12.4 Å². The highest BCUT2D eigenvalue weighted by molar-refractivity contribution is 5.96. The minimum atomic E-state index is -0.163. The van der Waals surface area contributed by atoms with Gasteiger partial charge in [-0.1, -0.05) is 13.8 Å². The Labute approximate surface area is 124 Å². The Morgan fingerprint density at radius 1 is 1.29 bits per heavy atom. The van der Waals surface area contributed by atoms with Crippen molar-refractivity contribution >= 4 is 22.6 Å². The van der Waals surface area contributed by atoms with E-state index in [1.165, 1.54) is 0 Å². The van der Waals surface area contributed by atoms with Gasteiger partial charge in [-0.15, -0.1) is 0 Å². The Kier molecular flexibility index (Phi) is 3.59. The van der Waals surface area contributed by atoms with E-state index in [0.717, 1.165) is 36.1 Å². The molecular weight excluding hydrogens is 264 g/mol. The molecule has 2 aromatic rings. The summed E-state index contributed by atoms with van der Waals surface area (Å²) in [6.07, 6.45) is 5.48. The Hall–Kier alpha value is -2.01. The van der Waals surface area contributed by atoms with Crippen LogP contribution in [0.5, 0.6) is 0 Å². The second-order valence-corrected chi connectivity index (χ2v) is 6.23. The summed E-state index contributed by atoms with van der Waals surface area (Å²) in [5.74, 6) is 0.0166. The van der Waals surface area contributed by atoms with Crippen molar-refractivity contribution in [2.75, 3.05) is 11.9 Å². The van der Waals surface area contributed by atoms with Crippen LogP contribution in [0.4, 0.5) is 5.69 Å². The minimum Gasteiger partial charge on any atom is -0.325 e. The predicted octanol–water partition coefficient (Wildman–Crippen LogP) is 2.35. The van der Waals surface area contributed by atoms with E-state index in [-0.39, 0.29) is 17.4 Å². The van der Waals surface area contributed by atoms with E-state index >= 15 is 0 Å². The maximum atomic E-state index is 12.5. The van der Waals surface area contributed by atoms with Gasteiger partial charge in [0.15, 0.2) is 0 Å². The molecule has 2 N–H and O–H groups in total. The van der Waals surface area contributed by atoms with Gasteiger partial charge in [-0.2, -0.15) is 0 Å². The lowest BCUT2D eigenvalue weighted by Gasteiger charge is -2.38. The first kappa shape index (κ1) is 13.9. The summed E-state index contributed by atoms with van der Waals surface area (Å²) in [6.45, 7) is 5.16. The van der Waals surface area contributed by atoms with Crippen molar-refractivity contribution in [3.8, 4) is 0 Å². The second-order valence-electron chi connectivity index (χ2n) is 6.23. The van der Waals surface area contributed by atoms with Crippen molar-refractivity contribution in [2.45, 2.75) is 32.7 Å². The summed E-state index contributed by atoms with van der Waals surface area (Å²) in [5.41, 5.74) is 2.34. The van der Waals surface area contributed by atoms with E-state index in [9.17, 15) is 4.79 Å². The van der Waals surface area contributed by atoms with Crippen LogP contribution in [0, 0.1) is 5.41 Å². The van der Waals surface area contributed by atoms with Gasteiger partial charge in [0.25, 0.3) is 0 Å². The number of carbonyl (C=O) groups excluding carboxylic acids is 1. The Balaban J connectivity index is 1.79. The number of hydrogen-bond acceptors (Lipinski definition) is 4. The molecule has 0 radical (unpaired) electrons. The number of nitrogens with zero attached hydrogens (tertiary/aromatic N) is 2. The second kappa shape index (κ2) is 5.41. The molecule has 1 aliphatic rings. The molecule has 1 saturated heterocycles. The van der Waals surface area contributed by atoms with E-state index < -0.39 is 0 Å². The average Bonchev–Trinajstić information content (AvgIpc) is 2.46. The number of aromatic nitrogens is 2. The molecule has 1 aromatic heterocycles. The molecule has 0 bridgehead atoms. The summed E-state index contributed by atoms with van der Waals surface area (Å²) in [4.78, 5) is 21.0. The van der Waals surface area contributed by atoms with Crippen molar-refractivity contribution in [1.82, 2.24) is 15.3 Å². The van der Waals surface area contributed by atoms with Crippen LogP contribution in [0.2, 0.25) is 0 Å². The van der Waals surface area contributed by atoms with Crippen LogP contribution >= 0.6 is 0 Å². The highest BCUT2D eigenvalue weighted by Gasteiger charge is 2.37. The van der Waals surface area contributed by atoms with E-state index in [1.807, 2.05) is 18.2 Å². The standard InChI is InChI=1S/C16H20N4O/c1-16(2)6-3-7-19-14(16)15(21)20-11-4-5-12-13(10-11)18-9-8-17-12/h4-5,8-10,14,19H,3,6-7H2,1-2H3,(H,20,21). The number of nitrogens with one attached hydrogen (secondary N) is 2. The third-order valence-electron chi connectivity index (χ3n) is 4.13. The topological polar surface area (TPSA) is 66.9 Å². The van der Waals surface area contributed by atoms with Crippen molar-refractivity contribution in [2.24, 2.45) is 5.41 Å². The van der Waals surface area contributed by atoms with Gasteiger partial charge in [0, 0.05) is 18.1 Å². The van der Waals surface area contributed by atoms with E-state index in [4.69, 9.17) is 0 Å². The van der Waals surface area contributed by atoms with Crippen LogP contribution in [0.25, 0.3) is 11.0 Å². The third kappa shape index (κ3) is 2.88. The first-order valence-electron chi connectivity index (χ1n) is 7.31. The molecule has 0 saturated carbocycles. The van der Waals surface area contributed by atoms with Gasteiger partial charge in [0.1, 0.15) is 0 Å². The number of amides is 1. The zero-order chi connectivity index (χ0) is 14.9. The molecule has 2 heterocycles. The Morgan fingerprint density at radius 3 is 2.81 bits per heavy atom. The quantitative estimate of drug-likeness (QED) is 0.888. The fourth-order valence-corrected chi connectivity index (χ4v) is 2.91. The normalized spacial score (nSPS) is 21.1. The first-order chi connectivity index (χ1) is 10.1. The molecule has 5 heteroatoms. The number of piperidine rings is 1. The lowest BCUT2D eigenvalue weighted by Crippen LogP contribution is -2.53. The molecule has 0 spiro atoms. The van der Waals surface area contributed by atoms with Crippen LogP contribution in [0.15, 0.2) is 30.6 Å². The first-order valence-corrected chi connectivity index (χ1v) is 7.31. The maximum Gasteiger partial charge on any atom is 0.242 e. The average molecular weight is 284 g/mol. The number of rotatable bonds is 2. The number of benzene rings is 1. The van der Waals surface area contributed by atoms with Crippen LogP contribution in [-0.2, 0) is 4.79 Å². The predicted molar refractivity (Wildman–Crippen MR) is 83.0 cm³/mol. The Bertz CT molecular complexity index is 668. The van der Waals surface area contributed by atoms with Crippen LogP contribution in [-0.4, -0.2) is 28.5 Å².